The smallest absolute Gasteiger partial charge is 0.307 e. The van der Waals surface area contributed by atoms with Crippen LogP contribution in [0.15, 0.2) is 6.20 Å². The minimum absolute atomic E-state index is 0.0880. The van der Waals surface area contributed by atoms with Crippen molar-refractivity contribution in [2.45, 2.75) is 6.42 Å². The molecule has 54 valence electrons. The predicted octanol–water partition coefficient (Wildman–Crippen LogP) is 0.690. The molecule has 0 atom stereocenters. The van der Waals surface area contributed by atoms with Crippen molar-refractivity contribution in [2.75, 3.05) is 0 Å². The summed E-state index contributed by atoms with van der Waals surface area (Å²) in [4.78, 5) is 10.1. The van der Waals surface area contributed by atoms with E-state index in [1.165, 1.54) is 6.20 Å². The molecule has 0 bridgehead atoms. The van der Waals surface area contributed by atoms with Gasteiger partial charge in [0.15, 0.2) is 0 Å². The first kappa shape index (κ1) is 7.08. The van der Waals surface area contributed by atoms with E-state index in [1.807, 2.05) is 0 Å². The zero-order chi connectivity index (χ0) is 7.56. The summed E-state index contributed by atoms with van der Waals surface area (Å²) in [5.74, 6) is -0.914. The van der Waals surface area contributed by atoms with Crippen LogP contribution < -0.4 is 0 Å². The molecule has 0 spiro atoms. The molecule has 0 unspecified atom stereocenters. The highest BCUT2D eigenvalue weighted by atomic mass is 35.5. The van der Waals surface area contributed by atoms with Crippen LogP contribution in [0.1, 0.15) is 5.56 Å². The van der Waals surface area contributed by atoms with Crippen LogP contribution in [0.25, 0.3) is 0 Å². The summed E-state index contributed by atoms with van der Waals surface area (Å²) in [6, 6.07) is 0. The SMILES string of the molecule is O=C(O)Cc1cn[nH]c1Cl. The quantitative estimate of drug-likeness (QED) is 0.669. The summed E-state index contributed by atoms with van der Waals surface area (Å²) < 4.78 is 0. The Hall–Kier alpha value is -1.03. The second-order valence-electron chi connectivity index (χ2n) is 1.78. The normalized spacial score (nSPS) is 9.70. The molecule has 1 aromatic rings. The van der Waals surface area contributed by atoms with Gasteiger partial charge in [-0.3, -0.25) is 9.89 Å². The number of H-pyrrole nitrogens is 1. The van der Waals surface area contributed by atoms with E-state index in [0.717, 1.165) is 0 Å². The third-order valence-corrected chi connectivity index (χ3v) is 1.33. The van der Waals surface area contributed by atoms with Crippen molar-refractivity contribution in [1.82, 2.24) is 10.2 Å². The fourth-order valence-corrected chi connectivity index (χ4v) is 0.746. The Morgan fingerprint density at radius 2 is 2.60 bits per heavy atom. The number of carbonyl (C=O) groups is 1. The van der Waals surface area contributed by atoms with Crippen LogP contribution in [0.5, 0.6) is 0 Å². The van der Waals surface area contributed by atoms with Gasteiger partial charge in [-0.25, -0.2) is 0 Å². The maximum Gasteiger partial charge on any atom is 0.307 e. The summed E-state index contributed by atoms with van der Waals surface area (Å²) in [7, 11) is 0. The first-order valence-electron chi connectivity index (χ1n) is 2.59. The highest BCUT2D eigenvalue weighted by Crippen LogP contribution is 2.10. The van der Waals surface area contributed by atoms with E-state index in [-0.39, 0.29) is 6.42 Å². The van der Waals surface area contributed by atoms with Crippen LogP contribution in [0.3, 0.4) is 0 Å². The molecule has 0 aliphatic rings. The van der Waals surface area contributed by atoms with E-state index >= 15 is 0 Å². The fraction of sp³-hybridized carbons (Fsp3) is 0.200. The van der Waals surface area contributed by atoms with Gasteiger partial charge in [0, 0.05) is 5.56 Å². The van der Waals surface area contributed by atoms with Crippen molar-refractivity contribution in [3.63, 3.8) is 0 Å². The maximum absolute atomic E-state index is 10.1. The second kappa shape index (κ2) is 2.70. The van der Waals surface area contributed by atoms with Crippen molar-refractivity contribution >= 4 is 17.6 Å². The third kappa shape index (κ3) is 1.48. The molecule has 4 nitrogen and oxygen atoms in total. The number of aromatic amines is 1. The van der Waals surface area contributed by atoms with Gasteiger partial charge >= 0.3 is 5.97 Å². The zero-order valence-corrected chi connectivity index (χ0v) is 5.72. The average Bonchev–Trinajstić information content (AvgIpc) is 2.15. The minimum atomic E-state index is -0.914. The van der Waals surface area contributed by atoms with Gasteiger partial charge in [0.1, 0.15) is 5.15 Å². The Labute approximate surface area is 61.8 Å². The van der Waals surface area contributed by atoms with Crippen molar-refractivity contribution < 1.29 is 9.90 Å². The second-order valence-corrected chi connectivity index (χ2v) is 2.16. The molecule has 0 fully saturated rings. The largest absolute Gasteiger partial charge is 0.481 e. The molecule has 1 rings (SSSR count). The van der Waals surface area contributed by atoms with Gasteiger partial charge in [-0.05, 0) is 0 Å². The average molecular weight is 161 g/mol. The summed E-state index contributed by atoms with van der Waals surface area (Å²) in [6.45, 7) is 0. The Morgan fingerprint density at radius 3 is 3.00 bits per heavy atom. The van der Waals surface area contributed by atoms with E-state index in [0.29, 0.717) is 10.7 Å². The molecule has 1 heterocycles. The molecule has 0 radical (unpaired) electrons. The molecule has 10 heavy (non-hydrogen) atoms. The molecule has 1 aromatic heterocycles. The van der Waals surface area contributed by atoms with Crippen molar-refractivity contribution in [1.29, 1.82) is 0 Å². The van der Waals surface area contributed by atoms with Gasteiger partial charge in [0.25, 0.3) is 0 Å². The van der Waals surface area contributed by atoms with Gasteiger partial charge in [-0.1, -0.05) is 11.6 Å². The first-order valence-corrected chi connectivity index (χ1v) is 2.97. The lowest BCUT2D eigenvalue weighted by molar-refractivity contribution is -0.136. The van der Waals surface area contributed by atoms with Gasteiger partial charge in [-0.15, -0.1) is 0 Å². The highest BCUT2D eigenvalue weighted by molar-refractivity contribution is 6.30. The number of carboxylic acids is 1. The van der Waals surface area contributed by atoms with Crippen LogP contribution in [0.4, 0.5) is 0 Å². The fourth-order valence-electron chi connectivity index (χ4n) is 0.582. The molecule has 0 aliphatic carbocycles. The standard InChI is InChI=1S/C5H5ClN2O2/c6-5-3(1-4(9)10)2-7-8-5/h2H,1H2,(H,7,8)(H,9,10). The third-order valence-electron chi connectivity index (χ3n) is 1.01. The lowest BCUT2D eigenvalue weighted by Gasteiger charge is -1.88. The molecular formula is C5H5ClN2O2. The van der Waals surface area contributed by atoms with Gasteiger partial charge in [0.05, 0.1) is 12.6 Å². The van der Waals surface area contributed by atoms with Gasteiger partial charge < -0.3 is 5.11 Å². The predicted molar refractivity (Wildman–Crippen MR) is 34.9 cm³/mol. The van der Waals surface area contributed by atoms with Crippen molar-refractivity contribution in [3.8, 4) is 0 Å². The number of carboxylic acid groups (broad SMARTS) is 1. The number of nitrogens with zero attached hydrogens (tertiary/aromatic N) is 1. The van der Waals surface area contributed by atoms with Gasteiger partial charge in [0.2, 0.25) is 0 Å². The Balaban J connectivity index is 2.74. The van der Waals surface area contributed by atoms with Crippen LogP contribution in [-0.2, 0) is 11.2 Å². The highest BCUT2D eigenvalue weighted by Gasteiger charge is 2.05. The Morgan fingerprint density at radius 1 is 1.90 bits per heavy atom. The number of aromatic nitrogens is 2. The molecular weight excluding hydrogens is 156 g/mol. The van der Waals surface area contributed by atoms with Gasteiger partial charge in [-0.2, -0.15) is 5.10 Å². The van der Waals surface area contributed by atoms with Crippen LogP contribution >= 0.6 is 11.6 Å². The maximum atomic E-state index is 10.1. The van der Waals surface area contributed by atoms with Crippen molar-refractivity contribution in [3.05, 3.63) is 16.9 Å². The summed E-state index contributed by atoms with van der Waals surface area (Å²) in [5.41, 5.74) is 0.508. The van der Waals surface area contributed by atoms with E-state index in [1.54, 1.807) is 0 Å². The molecule has 0 aromatic carbocycles. The minimum Gasteiger partial charge on any atom is -0.481 e. The van der Waals surface area contributed by atoms with E-state index < -0.39 is 5.97 Å². The number of nitrogens with one attached hydrogen (secondary N) is 1. The number of rotatable bonds is 2. The summed E-state index contributed by atoms with van der Waals surface area (Å²) in [6.07, 6.45) is 1.31. The molecule has 0 saturated heterocycles. The first-order chi connectivity index (χ1) is 4.70. The molecule has 2 N–H and O–H groups in total. The van der Waals surface area contributed by atoms with Crippen molar-refractivity contribution in [2.24, 2.45) is 0 Å². The number of aliphatic carboxylic acids is 1. The number of hydrogen-bond acceptors (Lipinski definition) is 2. The molecule has 0 saturated carbocycles. The lowest BCUT2D eigenvalue weighted by atomic mass is 10.3. The van der Waals surface area contributed by atoms with E-state index in [2.05, 4.69) is 10.2 Å². The molecule has 5 heteroatoms. The zero-order valence-electron chi connectivity index (χ0n) is 4.97. The topological polar surface area (TPSA) is 66.0 Å². The number of hydrogen-bond donors (Lipinski definition) is 2. The van der Waals surface area contributed by atoms with E-state index in [9.17, 15) is 4.79 Å². The summed E-state index contributed by atoms with van der Waals surface area (Å²) in [5, 5.41) is 14.6. The molecule has 0 amide bonds. The summed E-state index contributed by atoms with van der Waals surface area (Å²) >= 11 is 5.50. The monoisotopic (exact) mass is 160 g/mol. The Bertz CT molecular complexity index is 246. The lowest BCUT2D eigenvalue weighted by Crippen LogP contribution is -1.98. The Kier molecular flexibility index (Phi) is 1.91. The van der Waals surface area contributed by atoms with Crippen LogP contribution in [0, 0.1) is 0 Å². The van der Waals surface area contributed by atoms with Crippen LogP contribution in [-0.4, -0.2) is 21.3 Å². The van der Waals surface area contributed by atoms with Crippen LogP contribution in [0.2, 0.25) is 5.15 Å². The molecule has 0 aliphatic heterocycles. The van der Waals surface area contributed by atoms with E-state index in [4.69, 9.17) is 16.7 Å². The number of halogens is 1.